The lowest BCUT2D eigenvalue weighted by molar-refractivity contribution is -0.137. The van der Waals surface area contributed by atoms with Crippen molar-refractivity contribution in [1.29, 1.82) is 0 Å². The molecule has 1 amide bonds. The van der Waals surface area contributed by atoms with Gasteiger partial charge in [0.25, 0.3) is 5.91 Å². The summed E-state index contributed by atoms with van der Waals surface area (Å²) in [6.45, 7) is 3.71. The summed E-state index contributed by atoms with van der Waals surface area (Å²) in [6, 6.07) is 12.7. The molecular formula is C21H19ClF3N5O. The molecule has 31 heavy (non-hydrogen) atoms. The van der Waals surface area contributed by atoms with Crippen molar-refractivity contribution in [3.05, 3.63) is 70.7 Å². The molecule has 6 nitrogen and oxygen atoms in total. The number of aliphatic imine (C=N–C) groups is 1. The molecule has 0 aliphatic rings. The van der Waals surface area contributed by atoms with Crippen molar-refractivity contribution in [1.82, 2.24) is 15.5 Å². The lowest BCUT2D eigenvalue weighted by Crippen LogP contribution is -2.36. The van der Waals surface area contributed by atoms with Crippen LogP contribution < -0.4 is 10.6 Å². The van der Waals surface area contributed by atoms with E-state index in [1.165, 1.54) is 0 Å². The second-order valence-corrected chi connectivity index (χ2v) is 7.37. The molecule has 0 aliphatic heterocycles. The fourth-order valence-electron chi connectivity index (χ4n) is 2.62. The number of alkyl halides is 3. The summed E-state index contributed by atoms with van der Waals surface area (Å²) in [7, 11) is 0. The van der Waals surface area contributed by atoms with Crippen LogP contribution in [0, 0.1) is 0 Å². The zero-order valence-electron chi connectivity index (χ0n) is 16.6. The van der Waals surface area contributed by atoms with Crippen molar-refractivity contribution in [2.75, 3.05) is 5.32 Å². The predicted molar refractivity (Wildman–Crippen MR) is 114 cm³/mol. The number of rotatable bonds is 4. The average molecular weight is 450 g/mol. The maximum absolute atomic E-state index is 12.7. The van der Waals surface area contributed by atoms with Crippen LogP contribution in [0.4, 0.5) is 19.0 Å². The largest absolute Gasteiger partial charge is 0.416 e. The van der Waals surface area contributed by atoms with Gasteiger partial charge in [-0.3, -0.25) is 9.89 Å². The van der Waals surface area contributed by atoms with E-state index in [4.69, 9.17) is 11.6 Å². The summed E-state index contributed by atoms with van der Waals surface area (Å²) in [6.07, 6.45) is -4.47. The van der Waals surface area contributed by atoms with Gasteiger partial charge in [0.05, 0.1) is 11.3 Å². The number of carbonyl (C=O) groups excluding carboxylic acids is 1. The molecule has 10 heteroatoms. The third-order valence-corrected chi connectivity index (χ3v) is 4.32. The molecule has 0 saturated heterocycles. The van der Waals surface area contributed by atoms with Crippen LogP contribution in [0.25, 0.3) is 11.3 Å². The lowest BCUT2D eigenvalue weighted by atomic mass is 10.1. The van der Waals surface area contributed by atoms with Crippen molar-refractivity contribution in [3.8, 4) is 11.3 Å². The minimum Gasteiger partial charge on any atom is -0.354 e. The van der Waals surface area contributed by atoms with Crippen LogP contribution >= 0.6 is 11.6 Å². The van der Waals surface area contributed by atoms with Crippen LogP contribution in [0.2, 0.25) is 5.02 Å². The molecule has 2 aromatic carbocycles. The fourth-order valence-corrected chi connectivity index (χ4v) is 2.75. The van der Waals surface area contributed by atoms with Crippen LogP contribution in [0.5, 0.6) is 0 Å². The van der Waals surface area contributed by atoms with E-state index < -0.39 is 17.6 Å². The van der Waals surface area contributed by atoms with Gasteiger partial charge in [-0.15, -0.1) is 0 Å². The van der Waals surface area contributed by atoms with E-state index in [1.54, 1.807) is 18.2 Å². The molecule has 1 heterocycles. The standard InChI is InChI=1S/C21H19ClF3N5O/c1-12(2)26-20(28-19(31)14-3-7-15(8-4-14)21(23,24)25)27-18-11-17(29-30-18)13-5-9-16(22)10-6-13/h3-12H,1-2H3,(H3,26,27,28,29,30,31). The van der Waals surface area contributed by atoms with Gasteiger partial charge >= 0.3 is 6.18 Å². The molecule has 1 aromatic heterocycles. The number of carbonyl (C=O) groups is 1. The van der Waals surface area contributed by atoms with E-state index in [1.807, 2.05) is 26.0 Å². The van der Waals surface area contributed by atoms with E-state index in [2.05, 4.69) is 25.8 Å². The highest BCUT2D eigenvalue weighted by molar-refractivity contribution is 6.30. The summed E-state index contributed by atoms with van der Waals surface area (Å²) in [5.41, 5.74) is 0.685. The number of nitrogens with one attached hydrogen (secondary N) is 3. The highest BCUT2D eigenvalue weighted by Gasteiger charge is 2.30. The monoisotopic (exact) mass is 449 g/mol. The average Bonchev–Trinajstić information content (AvgIpc) is 3.16. The van der Waals surface area contributed by atoms with Crippen molar-refractivity contribution in [3.63, 3.8) is 0 Å². The number of halogens is 4. The number of aromatic nitrogens is 2. The first-order valence-electron chi connectivity index (χ1n) is 9.27. The van der Waals surface area contributed by atoms with Gasteiger partial charge in [-0.25, -0.2) is 0 Å². The molecule has 0 atom stereocenters. The first-order valence-corrected chi connectivity index (χ1v) is 9.65. The first-order chi connectivity index (χ1) is 14.6. The van der Waals surface area contributed by atoms with Crippen LogP contribution in [0.3, 0.4) is 0 Å². The summed E-state index contributed by atoms with van der Waals surface area (Å²) < 4.78 is 38.1. The molecule has 0 unspecified atom stereocenters. The smallest absolute Gasteiger partial charge is 0.354 e. The number of amides is 1. The predicted octanol–water partition coefficient (Wildman–Crippen LogP) is 5.36. The second kappa shape index (κ2) is 9.22. The number of nitrogens with zero attached hydrogens (tertiary/aromatic N) is 2. The SMILES string of the molecule is CC(C)N/C(=N/C(=O)c1ccc(C(F)(F)F)cc1)Nc1cc(-c2ccc(Cl)cc2)n[nH]1. The quantitative estimate of drug-likeness (QED) is 0.370. The van der Waals surface area contributed by atoms with Gasteiger partial charge in [0.1, 0.15) is 5.82 Å². The second-order valence-electron chi connectivity index (χ2n) is 6.94. The number of benzene rings is 2. The zero-order chi connectivity index (χ0) is 22.6. The Bertz CT molecular complexity index is 1070. The van der Waals surface area contributed by atoms with Gasteiger partial charge < -0.3 is 10.6 Å². The van der Waals surface area contributed by atoms with Gasteiger partial charge in [0.15, 0.2) is 0 Å². The van der Waals surface area contributed by atoms with Crippen LogP contribution in [-0.4, -0.2) is 28.1 Å². The third-order valence-electron chi connectivity index (χ3n) is 4.07. The lowest BCUT2D eigenvalue weighted by Gasteiger charge is -2.13. The molecule has 0 bridgehead atoms. The maximum atomic E-state index is 12.7. The maximum Gasteiger partial charge on any atom is 0.416 e. The minimum absolute atomic E-state index is 0.0318. The van der Waals surface area contributed by atoms with Crippen molar-refractivity contribution in [2.45, 2.75) is 26.1 Å². The number of hydrogen-bond acceptors (Lipinski definition) is 2. The van der Waals surface area contributed by atoms with E-state index in [0.29, 0.717) is 16.5 Å². The first kappa shape index (κ1) is 22.4. The van der Waals surface area contributed by atoms with Crippen LogP contribution in [0.15, 0.2) is 59.6 Å². The van der Waals surface area contributed by atoms with Gasteiger partial charge in [-0.05, 0) is 50.2 Å². The van der Waals surface area contributed by atoms with E-state index >= 15 is 0 Å². The third kappa shape index (κ3) is 6.08. The van der Waals surface area contributed by atoms with Crippen molar-refractivity contribution < 1.29 is 18.0 Å². The topological polar surface area (TPSA) is 82.2 Å². The molecule has 3 rings (SSSR count). The van der Waals surface area contributed by atoms with Gasteiger partial charge in [-0.1, -0.05) is 23.7 Å². The highest BCUT2D eigenvalue weighted by atomic mass is 35.5. The number of H-pyrrole nitrogens is 1. The fraction of sp³-hybridized carbons (Fsp3) is 0.190. The summed E-state index contributed by atoms with van der Waals surface area (Å²) in [5, 5.41) is 13.6. The van der Waals surface area contributed by atoms with Gasteiger partial charge in [0.2, 0.25) is 5.96 Å². The minimum atomic E-state index is -4.47. The van der Waals surface area contributed by atoms with E-state index in [0.717, 1.165) is 29.8 Å². The Balaban J connectivity index is 1.79. The molecular weight excluding hydrogens is 431 g/mol. The summed E-state index contributed by atoms with van der Waals surface area (Å²) in [5.74, 6) is -0.0925. The molecule has 162 valence electrons. The Hall–Kier alpha value is -3.33. The number of hydrogen-bond donors (Lipinski definition) is 3. The Kier molecular flexibility index (Phi) is 6.65. The summed E-state index contributed by atoms with van der Waals surface area (Å²) in [4.78, 5) is 16.4. The highest BCUT2D eigenvalue weighted by Crippen LogP contribution is 2.29. The van der Waals surface area contributed by atoms with Crippen LogP contribution in [0.1, 0.15) is 29.8 Å². The number of aromatic amines is 1. The number of anilines is 1. The molecule has 3 N–H and O–H groups in total. The normalized spacial score (nSPS) is 12.2. The number of guanidine groups is 1. The Labute approximate surface area is 181 Å². The molecule has 0 fully saturated rings. The van der Waals surface area contributed by atoms with E-state index in [9.17, 15) is 18.0 Å². The molecule has 3 aromatic rings. The van der Waals surface area contributed by atoms with Crippen molar-refractivity contribution in [2.24, 2.45) is 4.99 Å². The Morgan fingerprint density at radius 1 is 1.10 bits per heavy atom. The zero-order valence-corrected chi connectivity index (χ0v) is 17.3. The Morgan fingerprint density at radius 2 is 1.74 bits per heavy atom. The van der Waals surface area contributed by atoms with E-state index in [-0.39, 0.29) is 17.6 Å². The van der Waals surface area contributed by atoms with Gasteiger partial charge in [-0.2, -0.15) is 23.3 Å². The summed E-state index contributed by atoms with van der Waals surface area (Å²) >= 11 is 5.90. The van der Waals surface area contributed by atoms with Crippen molar-refractivity contribution >= 4 is 29.3 Å². The molecule has 0 saturated carbocycles. The molecule has 0 aliphatic carbocycles. The molecule has 0 spiro atoms. The Morgan fingerprint density at radius 3 is 2.32 bits per heavy atom. The van der Waals surface area contributed by atoms with Crippen LogP contribution in [-0.2, 0) is 6.18 Å². The molecule has 0 radical (unpaired) electrons. The van der Waals surface area contributed by atoms with Gasteiger partial charge in [0, 0.05) is 28.3 Å².